The minimum Gasteiger partial charge on any atom is -0.302 e. The third-order valence-corrected chi connectivity index (χ3v) is 4.56. The Balaban J connectivity index is 2.10. The van der Waals surface area contributed by atoms with E-state index in [4.69, 9.17) is 0 Å². The van der Waals surface area contributed by atoms with Gasteiger partial charge in [-0.15, -0.1) is 11.8 Å². The van der Waals surface area contributed by atoms with Gasteiger partial charge in [-0.05, 0) is 36.2 Å². The van der Waals surface area contributed by atoms with Gasteiger partial charge >= 0.3 is 0 Å². The first kappa shape index (κ1) is 11.5. The monoisotopic (exact) mass is 232 g/mol. The Bertz CT molecular complexity index is 377. The third kappa shape index (κ3) is 2.38. The highest BCUT2D eigenvalue weighted by Gasteiger charge is 2.34. The molecule has 0 radical (unpaired) electrons. The lowest BCUT2D eigenvalue weighted by molar-refractivity contribution is -0.109. The molecule has 1 aromatic carbocycles. The van der Waals surface area contributed by atoms with Crippen LogP contribution in [0.15, 0.2) is 36.9 Å². The summed E-state index contributed by atoms with van der Waals surface area (Å²) in [6.45, 7) is 4.11. The van der Waals surface area contributed by atoms with E-state index in [1.807, 2.05) is 18.2 Å². The van der Waals surface area contributed by atoms with Crippen molar-refractivity contribution in [3.8, 4) is 0 Å². The predicted molar refractivity (Wildman–Crippen MR) is 70.6 cm³/mol. The van der Waals surface area contributed by atoms with Crippen LogP contribution in [0.2, 0.25) is 0 Å². The smallest absolute Gasteiger partial charge is 0.136 e. The molecule has 2 rings (SSSR count). The molecule has 1 nitrogen and oxygen atoms in total. The summed E-state index contributed by atoms with van der Waals surface area (Å²) < 4.78 is -0.201. The zero-order valence-electron chi connectivity index (χ0n) is 9.32. The van der Waals surface area contributed by atoms with E-state index in [9.17, 15) is 4.79 Å². The second-order valence-corrected chi connectivity index (χ2v) is 5.79. The number of thioether (sulfide) groups is 1. The highest BCUT2D eigenvalue weighted by atomic mass is 32.2. The number of aldehydes is 1. The first-order valence-corrected chi connectivity index (χ1v) is 6.58. The molecule has 1 aliphatic rings. The van der Waals surface area contributed by atoms with Gasteiger partial charge in [0.2, 0.25) is 0 Å². The topological polar surface area (TPSA) is 17.1 Å². The number of carbonyl (C=O) groups excluding carboxylic acids is 1. The maximum Gasteiger partial charge on any atom is 0.136 e. The van der Waals surface area contributed by atoms with E-state index in [1.54, 1.807) is 11.8 Å². The second-order valence-electron chi connectivity index (χ2n) is 4.28. The Hall–Kier alpha value is -1.02. The van der Waals surface area contributed by atoms with Gasteiger partial charge in [-0.3, -0.25) is 0 Å². The van der Waals surface area contributed by atoms with Crippen LogP contribution in [0.4, 0.5) is 0 Å². The Morgan fingerprint density at radius 2 is 2.19 bits per heavy atom. The van der Waals surface area contributed by atoms with Gasteiger partial charge in [0.25, 0.3) is 0 Å². The molecule has 0 saturated carbocycles. The van der Waals surface area contributed by atoms with Gasteiger partial charge in [0.15, 0.2) is 0 Å². The molecule has 1 aliphatic heterocycles. The van der Waals surface area contributed by atoms with Crippen LogP contribution in [-0.4, -0.2) is 16.8 Å². The molecule has 1 heterocycles. The van der Waals surface area contributed by atoms with Crippen LogP contribution in [0.1, 0.15) is 24.8 Å². The molecule has 0 unspecified atom stereocenters. The third-order valence-electron chi connectivity index (χ3n) is 3.04. The lowest BCUT2D eigenvalue weighted by atomic mass is 9.93. The lowest BCUT2D eigenvalue weighted by Gasteiger charge is -2.22. The van der Waals surface area contributed by atoms with Gasteiger partial charge in [0.1, 0.15) is 6.29 Å². The molecule has 0 aromatic heterocycles. The van der Waals surface area contributed by atoms with Crippen LogP contribution in [0.5, 0.6) is 0 Å². The summed E-state index contributed by atoms with van der Waals surface area (Å²) in [7, 11) is 0. The van der Waals surface area contributed by atoms with E-state index in [0.29, 0.717) is 0 Å². The highest BCUT2D eigenvalue weighted by molar-refractivity contribution is 8.01. The van der Waals surface area contributed by atoms with Crippen molar-refractivity contribution in [2.24, 2.45) is 0 Å². The number of carbonyl (C=O) groups is 1. The molecule has 0 N–H and O–H groups in total. The number of hydrogen-bond acceptors (Lipinski definition) is 2. The molecule has 0 amide bonds. The van der Waals surface area contributed by atoms with E-state index in [0.717, 1.165) is 42.4 Å². The van der Waals surface area contributed by atoms with Crippen molar-refractivity contribution in [2.75, 3.05) is 5.75 Å². The van der Waals surface area contributed by atoms with Crippen molar-refractivity contribution >= 4 is 23.6 Å². The zero-order chi connectivity index (χ0) is 11.4. The molecule has 84 valence electrons. The average Bonchev–Trinajstić information content (AvgIpc) is 2.79. The largest absolute Gasteiger partial charge is 0.302 e. The zero-order valence-corrected chi connectivity index (χ0v) is 10.1. The highest BCUT2D eigenvalue weighted by Crippen LogP contribution is 2.42. The Morgan fingerprint density at radius 1 is 1.44 bits per heavy atom. The number of rotatable bonds is 4. The van der Waals surface area contributed by atoms with Crippen molar-refractivity contribution < 1.29 is 4.79 Å². The summed E-state index contributed by atoms with van der Waals surface area (Å²) in [5, 5.41) is 0. The Labute approximate surface area is 101 Å². The minimum absolute atomic E-state index is 0.201. The number of benzene rings is 1. The van der Waals surface area contributed by atoms with Gasteiger partial charge in [0.05, 0.1) is 4.75 Å². The standard InChI is InChI=1S/C14H16OS/c1-12(13-6-3-2-4-7-13)10-14(11-15)8-5-9-16-14/h2-4,6-7,11H,1,5,8-10H2/t14-/m1/s1. The predicted octanol–water partition coefficient (Wildman–Crippen LogP) is 3.55. The summed E-state index contributed by atoms with van der Waals surface area (Å²) >= 11 is 1.78. The molecule has 0 aliphatic carbocycles. The van der Waals surface area contributed by atoms with Gasteiger partial charge in [-0.25, -0.2) is 0 Å². The minimum atomic E-state index is -0.201. The number of allylic oxidation sites excluding steroid dienone is 1. The first-order valence-electron chi connectivity index (χ1n) is 5.59. The first-order chi connectivity index (χ1) is 7.76. The molecule has 0 spiro atoms. The fourth-order valence-electron chi connectivity index (χ4n) is 2.13. The van der Waals surface area contributed by atoms with Crippen molar-refractivity contribution in [1.82, 2.24) is 0 Å². The molecular formula is C14H16OS. The van der Waals surface area contributed by atoms with Gasteiger partial charge < -0.3 is 4.79 Å². The van der Waals surface area contributed by atoms with E-state index in [2.05, 4.69) is 18.7 Å². The maximum absolute atomic E-state index is 11.2. The molecule has 2 heteroatoms. The maximum atomic E-state index is 11.2. The molecule has 1 fully saturated rings. The van der Waals surface area contributed by atoms with Crippen molar-refractivity contribution in [3.63, 3.8) is 0 Å². The summed E-state index contributed by atoms with van der Waals surface area (Å²) in [5.41, 5.74) is 2.22. The van der Waals surface area contributed by atoms with Crippen LogP contribution in [0.25, 0.3) is 5.57 Å². The van der Waals surface area contributed by atoms with Crippen molar-refractivity contribution in [1.29, 1.82) is 0 Å². The summed E-state index contributed by atoms with van der Waals surface area (Å²) in [4.78, 5) is 11.2. The second kappa shape index (κ2) is 4.88. The average molecular weight is 232 g/mol. The molecule has 1 atom stereocenters. The molecule has 1 saturated heterocycles. The van der Waals surface area contributed by atoms with E-state index in [-0.39, 0.29) is 4.75 Å². The van der Waals surface area contributed by atoms with E-state index >= 15 is 0 Å². The van der Waals surface area contributed by atoms with Crippen molar-refractivity contribution in [2.45, 2.75) is 24.0 Å². The van der Waals surface area contributed by atoms with Crippen molar-refractivity contribution in [3.05, 3.63) is 42.5 Å². The van der Waals surface area contributed by atoms with E-state index in [1.165, 1.54) is 0 Å². The Kier molecular flexibility index (Phi) is 3.49. The number of hydrogen-bond donors (Lipinski definition) is 0. The van der Waals surface area contributed by atoms with Gasteiger partial charge in [0, 0.05) is 0 Å². The summed E-state index contributed by atoms with van der Waals surface area (Å²) in [6.07, 6.45) is 4.04. The van der Waals surface area contributed by atoms with Gasteiger partial charge in [-0.1, -0.05) is 36.9 Å². The Morgan fingerprint density at radius 3 is 2.75 bits per heavy atom. The summed E-state index contributed by atoms with van der Waals surface area (Å²) in [6, 6.07) is 10.1. The molecular weight excluding hydrogens is 216 g/mol. The van der Waals surface area contributed by atoms with Crippen LogP contribution in [0.3, 0.4) is 0 Å². The quantitative estimate of drug-likeness (QED) is 0.738. The van der Waals surface area contributed by atoms with E-state index < -0.39 is 0 Å². The SMILES string of the molecule is C=C(C[C@@]1(C=O)CCCS1)c1ccccc1. The lowest BCUT2D eigenvalue weighted by Crippen LogP contribution is -2.23. The van der Waals surface area contributed by atoms with Crippen LogP contribution >= 0.6 is 11.8 Å². The van der Waals surface area contributed by atoms with Crippen LogP contribution < -0.4 is 0 Å². The fraction of sp³-hybridized carbons (Fsp3) is 0.357. The normalized spacial score (nSPS) is 24.2. The fourth-order valence-corrected chi connectivity index (χ4v) is 3.46. The summed E-state index contributed by atoms with van der Waals surface area (Å²) in [5.74, 6) is 1.10. The van der Waals surface area contributed by atoms with Gasteiger partial charge in [-0.2, -0.15) is 0 Å². The van der Waals surface area contributed by atoms with Crippen LogP contribution in [-0.2, 0) is 4.79 Å². The molecule has 16 heavy (non-hydrogen) atoms. The molecule has 0 bridgehead atoms. The van der Waals surface area contributed by atoms with Crippen LogP contribution in [0, 0.1) is 0 Å². The molecule has 1 aromatic rings.